The number of piperidine rings is 1. The second-order valence-electron chi connectivity index (χ2n) is 3.91. The van der Waals surface area contributed by atoms with Crippen LogP contribution in [-0.4, -0.2) is 40.4 Å². The first-order valence-electron chi connectivity index (χ1n) is 4.65. The van der Waals surface area contributed by atoms with Crippen LogP contribution >= 0.6 is 12.6 Å². The van der Waals surface area contributed by atoms with Crippen LogP contribution < -0.4 is 0 Å². The predicted molar refractivity (Wildman–Crippen MR) is 54.8 cm³/mol. The smallest absolute Gasteiger partial charge is 0.235 e. The number of nitrogens with zero attached hydrogens (tertiary/aromatic N) is 1. The first kappa shape index (κ1) is 10.9. The minimum absolute atomic E-state index is 0.0222. The van der Waals surface area contributed by atoms with Crippen molar-refractivity contribution < 1.29 is 9.90 Å². The third-order valence-corrected chi connectivity index (χ3v) is 2.53. The van der Waals surface area contributed by atoms with E-state index in [2.05, 4.69) is 12.6 Å². The van der Waals surface area contributed by atoms with E-state index in [1.54, 1.807) is 11.8 Å². The molecule has 1 saturated heterocycles. The molecule has 0 aromatic carbocycles. The van der Waals surface area contributed by atoms with Gasteiger partial charge in [-0.15, -0.1) is 0 Å². The number of carbonyl (C=O) groups excluding carboxylic acids is 1. The molecule has 0 bridgehead atoms. The number of hydrogen-bond donors (Lipinski definition) is 2. The minimum Gasteiger partial charge on any atom is -0.391 e. The molecule has 3 unspecified atom stereocenters. The summed E-state index contributed by atoms with van der Waals surface area (Å²) in [6, 6.07) is 0. The van der Waals surface area contributed by atoms with Gasteiger partial charge in [-0.25, -0.2) is 0 Å². The Bertz CT molecular complexity index is 186. The summed E-state index contributed by atoms with van der Waals surface area (Å²) >= 11 is 4.09. The SMILES string of the molecule is CC1CC(O)CN(C(=O)C(C)S)C1. The molecular weight excluding hydrogens is 186 g/mol. The number of carbonyl (C=O) groups is 1. The minimum atomic E-state index is -0.361. The lowest BCUT2D eigenvalue weighted by Gasteiger charge is -2.34. The quantitative estimate of drug-likeness (QED) is 0.610. The van der Waals surface area contributed by atoms with Gasteiger partial charge in [0.05, 0.1) is 11.4 Å². The average molecular weight is 203 g/mol. The fourth-order valence-corrected chi connectivity index (χ4v) is 1.93. The number of aliphatic hydroxyl groups excluding tert-OH is 1. The second kappa shape index (κ2) is 4.33. The Kier molecular flexibility index (Phi) is 3.62. The maximum absolute atomic E-state index is 11.5. The molecule has 0 aromatic rings. The van der Waals surface area contributed by atoms with Gasteiger partial charge in [0, 0.05) is 13.1 Å². The van der Waals surface area contributed by atoms with Crippen molar-refractivity contribution in [1.29, 1.82) is 0 Å². The van der Waals surface area contributed by atoms with Crippen molar-refractivity contribution in [2.75, 3.05) is 13.1 Å². The lowest BCUT2D eigenvalue weighted by atomic mass is 9.98. The molecule has 4 heteroatoms. The number of β-amino-alcohol motifs (C(OH)–C–C–N with tert-alkyl or cyclic N) is 1. The molecule has 1 heterocycles. The monoisotopic (exact) mass is 203 g/mol. The Morgan fingerprint density at radius 2 is 2.23 bits per heavy atom. The zero-order chi connectivity index (χ0) is 10.0. The van der Waals surface area contributed by atoms with Crippen LogP contribution in [0.25, 0.3) is 0 Å². The van der Waals surface area contributed by atoms with E-state index in [1.165, 1.54) is 0 Å². The fourth-order valence-electron chi connectivity index (χ4n) is 1.76. The van der Waals surface area contributed by atoms with Gasteiger partial charge in [0.2, 0.25) is 5.91 Å². The van der Waals surface area contributed by atoms with Gasteiger partial charge in [-0.3, -0.25) is 4.79 Å². The van der Waals surface area contributed by atoms with Crippen LogP contribution in [0.1, 0.15) is 20.3 Å². The van der Waals surface area contributed by atoms with E-state index in [9.17, 15) is 9.90 Å². The molecule has 76 valence electrons. The average Bonchev–Trinajstić information content (AvgIpc) is 2.01. The molecule has 1 fully saturated rings. The van der Waals surface area contributed by atoms with Crippen molar-refractivity contribution in [3.05, 3.63) is 0 Å². The highest BCUT2D eigenvalue weighted by Gasteiger charge is 2.27. The summed E-state index contributed by atoms with van der Waals surface area (Å²) in [4.78, 5) is 13.2. The van der Waals surface area contributed by atoms with Crippen molar-refractivity contribution >= 4 is 18.5 Å². The molecule has 1 aliphatic rings. The maximum atomic E-state index is 11.5. The third kappa shape index (κ3) is 2.88. The summed E-state index contributed by atoms with van der Waals surface area (Å²) in [6.07, 6.45) is 0.435. The number of rotatable bonds is 1. The number of aliphatic hydroxyl groups is 1. The van der Waals surface area contributed by atoms with E-state index >= 15 is 0 Å². The van der Waals surface area contributed by atoms with Crippen molar-refractivity contribution in [2.45, 2.75) is 31.6 Å². The van der Waals surface area contributed by atoms with E-state index in [1.807, 2.05) is 6.92 Å². The molecule has 13 heavy (non-hydrogen) atoms. The summed E-state index contributed by atoms with van der Waals surface area (Å²) in [5.41, 5.74) is 0. The number of hydrogen-bond acceptors (Lipinski definition) is 3. The van der Waals surface area contributed by atoms with E-state index in [4.69, 9.17) is 0 Å². The number of likely N-dealkylation sites (tertiary alicyclic amines) is 1. The topological polar surface area (TPSA) is 40.5 Å². The van der Waals surface area contributed by atoms with Gasteiger partial charge in [-0.1, -0.05) is 6.92 Å². The Morgan fingerprint density at radius 1 is 1.62 bits per heavy atom. The molecule has 1 N–H and O–H groups in total. The van der Waals surface area contributed by atoms with Crippen LogP contribution in [0.15, 0.2) is 0 Å². The van der Waals surface area contributed by atoms with E-state index < -0.39 is 0 Å². The zero-order valence-electron chi connectivity index (χ0n) is 8.10. The molecule has 1 rings (SSSR count). The van der Waals surface area contributed by atoms with Crippen molar-refractivity contribution in [3.63, 3.8) is 0 Å². The van der Waals surface area contributed by atoms with Crippen molar-refractivity contribution in [1.82, 2.24) is 4.90 Å². The third-order valence-electron chi connectivity index (χ3n) is 2.31. The molecular formula is C9H17NO2S. The number of thiol groups is 1. The molecule has 0 radical (unpaired) electrons. The predicted octanol–water partition coefficient (Wildman–Crippen LogP) is 0.534. The molecule has 0 spiro atoms. The van der Waals surface area contributed by atoms with Gasteiger partial charge in [0.15, 0.2) is 0 Å². The molecule has 1 amide bonds. The van der Waals surface area contributed by atoms with Crippen LogP contribution in [0.5, 0.6) is 0 Å². The summed E-state index contributed by atoms with van der Waals surface area (Å²) in [5, 5.41) is 9.20. The molecule has 0 aromatic heterocycles. The lowest BCUT2D eigenvalue weighted by molar-refractivity contribution is -0.134. The lowest BCUT2D eigenvalue weighted by Crippen LogP contribution is -2.47. The molecule has 0 saturated carbocycles. The van der Waals surface area contributed by atoms with E-state index in [0.29, 0.717) is 12.5 Å². The van der Waals surface area contributed by atoms with Gasteiger partial charge in [-0.2, -0.15) is 12.6 Å². The van der Waals surface area contributed by atoms with E-state index in [-0.39, 0.29) is 17.3 Å². The van der Waals surface area contributed by atoms with Gasteiger partial charge >= 0.3 is 0 Å². The molecule has 1 aliphatic heterocycles. The number of amides is 1. The van der Waals surface area contributed by atoms with Crippen molar-refractivity contribution in [2.24, 2.45) is 5.92 Å². The van der Waals surface area contributed by atoms with Gasteiger partial charge < -0.3 is 10.0 Å². The Morgan fingerprint density at radius 3 is 2.69 bits per heavy atom. The highest BCUT2D eigenvalue weighted by Crippen LogP contribution is 2.17. The molecule has 0 aliphatic carbocycles. The van der Waals surface area contributed by atoms with Crippen LogP contribution in [0.2, 0.25) is 0 Å². The summed E-state index contributed by atoms with van der Waals surface area (Å²) in [6.45, 7) is 5.03. The van der Waals surface area contributed by atoms with Crippen LogP contribution in [-0.2, 0) is 4.79 Å². The standard InChI is InChI=1S/C9H17NO2S/c1-6-3-8(11)5-10(4-6)9(12)7(2)13/h6-8,11,13H,3-5H2,1-2H3. The van der Waals surface area contributed by atoms with Crippen LogP contribution in [0, 0.1) is 5.92 Å². The summed E-state index contributed by atoms with van der Waals surface area (Å²) in [7, 11) is 0. The van der Waals surface area contributed by atoms with Gasteiger partial charge in [0.25, 0.3) is 0 Å². The van der Waals surface area contributed by atoms with Crippen molar-refractivity contribution in [3.8, 4) is 0 Å². The fraction of sp³-hybridized carbons (Fsp3) is 0.889. The highest BCUT2D eigenvalue weighted by molar-refractivity contribution is 7.81. The maximum Gasteiger partial charge on any atom is 0.235 e. The molecule has 3 nitrogen and oxygen atoms in total. The van der Waals surface area contributed by atoms with E-state index in [0.717, 1.165) is 13.0 Å². The van der Waals surface area contributed by atoms with Gasteiger partial charge in [0.1, 0.15) is 0 Å². The van der Waals surface area contributed by atoms with Gasteiger partial charge in [-0.05, 0) is 19.3 Å². The summed E-state index contributed by atoms with van der Waals surface area (Å²) in [5.74, 6) is 0.411. The Labute approximate surface area is 84.5 Å². The molecule has 3 atom stereocenters. The Balaban J connectivity index is 2.55. The Hall–Kier alpha value is -0.220. The largest absolute Gasteiger partial charge is 0.391 e. The first-order valence-corrected chi connectivity index (χ1v) is 5.17. The van der Waals surface area contributed by atoms with Crippen LogP contribution in [0.4, 0.5) is 0 Å². The zero-order valence-corrected chi connectivity index (χ0v) is 9.00. The second-order valence-corrected chi connectivity index (χ2v) is 4.69. The van der Waals surface area contributed by atoms with Crippen LogP contribution in [0.3, 0.4) is 0 Å². The normalized spacial score (nSPS) is 31.5. The highest BCUT2D eigenvalue weighted by atomic mass is 32.1. The summed E-state index contributed by atoms with van der Waals surface area (Å²) < 4.78 is 0. The first-order chi connectivity index (χ1) is 6.00.